The van der Waals surface area contributed by atoms with Crippen LogP contribution in [0.4, 0.5) is 0 Å². The van der Waals surface area contributed by atoms with Gasteiger partial charge < -0.3 is 10.1 Å². The van der Waals surface area contributed by atoms with Crippen LogP contribution in [0.1, 0.15) is 32.0 Å². The van der Waals surface area contributed by atoms with Gasteiger partial charge in [0.15, 0.2) is 0 Å². The number of rotatable bonds is 6. The first-order valence-electron chi connectivity index (χ1n) is 7.24. The Morgan fingerprint density at radius 1 is 1.19 bits per heavy atom. The van der Waals surface area contributed by atoms with Crippen LogP contribution in [0, 0.1) is 0 Å². The molecule has 2 rings (SSSR count). The molecule has 0 atom stereocenters. The van der Waals surface area contributed by atoms with Crippen molar-refractivity contribution in [2.45, 2.75) is 39.3 Å². The van der Waals surface area contributed by atoms with Crippen molar-refractivity contribution in [1.29, 1.82) is 0 Å². The molecular weight excluding hydrogens is 264 g/mol. The van der Waals surface area contributed by atoms with Crippen molar-refractivity contribution in [3.63, 3.8) is 0 Å². The van der Waals surface area contributed by atoms with Crippen molar-refractivity contribution < 1.29 is 4.74 Å². The molecule has 114 valence electrons. The van der Waals surface area contributed by atoms with Crippen LogP contribution >= 0.6 is 0 Å². The Bertz CT molecular complexity index is 554. The highest BCUT2D eigenvalue weighted by molar-refractivity contribution is 5.27. The Kier molecular flexibility index (Phi) is 4.96. The smallest absolute Gasteiger partial charge is 0.118 e. The third-order valence-electron chi connectivity index (χ3n) is 3.28. The third-order valence-corrected chi connectivity index (χ3v) is 3.28. The van der Waals surface area contributed by atoms with Gasteiger partial charge in [0.1, 0.15) is 5.75 Å². The summed E-state index contributed by atoms with van der Waals surface area (Å²) in [5.41, 5.74) is 2.25. The molecule has 0 aliphatic rings. The Hall–Kier alpha value is -1.88. The van der Waals surface area contributed by atoms with Gasteiger partial charge in [-0.3, -0.25) is 0 Å². The lowest BCUT2D eigenvalue weighted by Gasteiger charge is -2.17. The Morgan fingerprint density at radius 2 is 1.90 bits per heavy atom. The molecular formula is C16H24N4O. The minimum Gasteiger partial charge on any atom is -0.497 e. The molecule has 0 spiro atoms. The number of ether oxygens (including phenoxy) is 1. The molecule has 1 aromatic carbocycles. The van der Waals surface area contributed by atoms with Gasteiger partial charge in [-0.15, -0.1) is 5.10 Å². The average Bonchev–Trinajstić information content (AvgIpc) is 2.93. The van der Waals surface area contributed by atoms with E-state index in [0.717, 1.165) is 31.0 Å². The number of nitrogens with zero attached hydrogens (tertiary/aromatic N) is 3. The summed E-state index contributed by atoms with van der Waals surface area (Å²) in [6, 6.07) is 8.17. The first-order chi connectivity index (χ1) is 9.99. The van der Waals surface area contributed by atoms with Gasteiger partial charge in [-0.25, -0.2) is 4.68 Å². The molecule has 0 saturated heterocycles. The van der Waals surface area contributed by atoms with Crippen LogP contribution < -0.4 is 10.1 Å². The zero-order chi connectivity index (χ0) is 15.3. The summed E-state index contributed by atoms with van der Waals surface area (Å²) in [6.07, 6.45) is 2.98. The fraction of sp³-hybridized carbons (Fsp3) is 0.500. The molecule has 21 heavy (non-hydrogen) atoms. The number of hydrogen-bond acceptors (Lipinski definition) is 4. The fourth-order valence-corrected chi connectivity index (χ4v) is 1.95. The van der Waals surface area contributed by atoms with E-state index in [1.165, 1.54) is 5.56 Å². The van der Waals surface area contributed by atoms with Gasteiger partial charge in [-0.05, 0) is 51.4 Å². The van der Waals surface area contributed by atoms with E-state index in [4.69, 9.17) is 4.74 Å². The molecule has 0 aliphatic heterocycles. The van der Waals surface area contributed by atoms with E-state index in [1.807, 2.05) is 23.0 Å². The van der Waals surface area contributed by atoms with E-state index in [-0.39, 0.29) is 5.54 Å². The zero-order valence-corrected chi connectivity index (χ0v) is 13.3. The maximum atomic E-state index is 5.15. The molecule has 5 nitrogen and oxygen atoms in total. The lowest BCUT2D eigenvalue weighted by molar-refractivity contribution is 0.347. The van der Waals surface area contributed by atoms with Gasteiger partial charge in [0.2, 0.25) is 0 Å². The van der Waals surface area contributed by atoms with Crippen LogP contribution in [0.3, 0.4) is 0 Å². The lowest BCUT2D eigenvalue weighted by atomic mass is 10.1. The Balaban J connectivity index is 1.75. The normalized spacial score (nSPS) is 11.6. The topological polar surface area (TPSA) is 52.0 Å². The quantitative estimate of drug-likeness (QED) is 0.829. The van der Waals surface area contributed by atoms with Crippen molar-refractivity contribution in [1.82, 2.24) is 20.3 Å². The number of hydrogen-bond donors (Lipinski definition) is 1. The molecule has 0 amide bonds. The summed E-state index contributed by atoms with van der Waals surface area (Å²) >= 11 is 0. The minimum absolute atomic E-state index is 0.0195. The standard InChI is InChI=1S/C16H24N4O/c1-16(2,3)20-12-14(18-19-20)11-17-10-9-13-5-7-15(21-4)8-6-13/h5-8,12,17H,9-11H2,1-4H3. The van der Waals surface area contributed by atoms with Crippen LogP contribution in [0.5, 0.6) is 5.75 Å². The van der Waals surface area contributed by atoms with Crippen LogP contribution in [0.15, 0.2) is 30.5 Å². The predicted molar refractivity (Wildman–Crippen MR) is 83.4 cm³/mol. The molecule has 2 aromatic rings. The van der Waals surface area contributed by atoms with Crippen molar-refractivity contribution in [3.05, 3.63) is 41.7 Å². The summed E-state index contributed by atoms with van der Waals surface area (Å²) in [5, 5.41) is 11.7. The molecule has 5 heteroatoms. The summed E-state index contributed by atoms with van der Waals surface area (Å²) in [5.74, 6) is 0.894. The molecule has 1 heterocycles. The molecule has 0 saturated carbocycles. The number of benzene rings is 1. The molecule has 0 radical (unpaired) electrons. The summed E-state index contributed by atoms with van der Waals surface area (Å²) in [6.45, 7) is 7.99. The largest absolute Gasteiger partial charge is 0.497 e. The first kappa shape index (κ1) is 15.5. The molecule has 0 bridgehead atoms. The van der Waals surface area contributed by atoms with E-state index in [9.17, 15) is 0 Å². The van der Waals surface area contributed by atoms with E-state index in [0.29, 0.717) is 0 Å². The molecule has 0 fully saturated rings. The van der Waals surface area contributed by atoms with E-state index in [2.05, 4.69) is 48.5 Å². The summed E-state index contributed by atoms with van der Waals surface area (Å²) in [4.78, 5) is 0. The van der Waals surface area contributed by atoms with Crippen LogP contribution in [-0.4, -0.2) is 28.6 Å². The highest BCUT2D eigenvalue weighted by Gasteiger charge is 2.14. The minimum atomic E-state index is -0.0195. The van der Waals surface area contributed by atoms with Gasteiger partial charge in [0, 0.05) is 6.54 Å². The van der Waals surface area contributed by atoms with Gasteiger partial charge in [-0.2, -0.15) is 0 Å². The second-order valence-electron chi connectivity index (χ2n) is 6.10. The Labute approximate surface area is 126 Å². The van der Waals surface area contributed by atoms with E-state index < -0.39 is 0 Å². The van der Waals surface area contributed by atoms with E-state index in [1.54, 1.807) is 7.11 Å². The first-order valence-corrected chi connectivity index (χ1v) is 7.24. The second-order valence-corrected chi connectivity index (χ2v) is 6.10. The molecule has 1 aromatic heterocycles. The fourth-order valence-electron chi connectivity index (χ4n) is 1.95. The molecule has 0 unspecified atom stereocenters. The number of methoxy groups -OCH3 is 1. The predicted octanol–water partition coefficient (Wildman–Crippen LogP) is 2.37. The highest BCUT2D eigenvalue weighted by atomic mass is 16.5. The average molecular weight is 288 g/mol. The Morgan fingerprint density at radius 3 is 2.48 bits per heavy atom. The highest BCUT2D eigenvalue weighted by Crippen LogP contribution is 2.12. The van der Waals surface area contributed by atoms with Crippen molar-refractivity contribution in [2.75, 3.05) is 13.7 Å². The number of nitrogens with one attached hydrogen (secondary N) is 1. The van der Waals surface area contributed by atoms with Gasteiger partial charge in [0.25, 0.3) is 0 Å². The SMILES string of the molecule is COc1ccc(CCNCc2cn(C(C)(C)C)nn2)cc1. The number of aromatic nitrogens is 3. The monoisotopic (exact) mass is 288 g/mol. The third kappa shape index (κ3) is 4.56. The zero-order valence-electron chi connectivity index (χ0n) is 13.3. The van der Waals surface area contributed by atoms with Crippen LogP contribution in [-0.2, 0) is 18.5 Å². The van der Waals surface area contributed by atoms with E-state index >= 15 is 0 Å². The maximum Gasteiger partial charge on any atom is 0.118 e. The lowest BCUT2D eigenvalue weighted by Crippen LogP contribution is -2.22. The summed E-state index contributed by atoms with van der Waals surface area (Å²) in [7, 11) is 1.68. The summed E-state index contributed by atoms with van der Waals surface area (Å²) < 4.78 is 7.05. The van der Waals surface area contributed by atoms with Crippen LogP contribution in [0.2, 0.25) is 0 Å². The molecule has 1 N–H and O–H groups in total. The maximum absolute atomic E-state index is 5.15. The van der Waals surface area contributed by atoms with Crippen molar-refractivity contribution in [2.24, 2.45) is 0 Å². The second kappa shape index (κ2) is 6.72. The van der Waals surface area contributed by atoms with Crippen LogP contribution in [0.25, 0.3) is 0 Å². The molecule has 0 aliphatic carbocycles. The van der Waals surface area contributed by atoms with Crippen molar-refractivity contribution >= 4 is 0 Å². The van der Waals surface area contributed by atoms with Gasteiger partial charge >= 0.3 is 0 Å². The van der Waals surface area contributed by atoms with Crippen molar-refractivity contribution in [3.8, 4) is 5.75 Å². The van der Waals surface area contributed by atoms with Gasteiger partial charge in [0.05, 0.1) is 24.5 Å². The van der Waals surface area contributed by atoms with Gasteiger partial charge in [-0.1, -0.05) is 17.3 Å².